The number of likely N-dealkylation sites (N-methyl/N-ethyl adjacent to an activating group) is 2. The van der Waals surface area contributed by atoms with Gasteiger partial charge < -0.3 is 5.32 Å². The number of aryl methyl sites for hydroxylation is 2. The van der Waals surface area contributed by atoms with Crippen molar-refractivity contribution in [3.8, 4) is 0 Å². The highest BCUT2D eigenvalue weighted by Gasteiger charge is 2.06. The summed E-state index contributed by atoms with van der Waals surface area (Å²) >= 11 is 0. The van der Waals surface area contributed by atoms with Crippen LogP contribution in [-0.2, 0) is 13.1 Å². The van der Waals surface area contributed by atoms with Crippen LogP contribution in [0.2, 0.25) is 0 Å². The van der Waals surface area contributed by atoms with E-state index in [0.717, 1.165) is 38.4 Å². The number of nitrogens with zero attached hydrogens (tertiary/aromatic N) is 3. The van der Waals surface area contributed by atoms with Gasteiger partial charge in [-0.05, 0) is 33.5 Å². The fourth-order valence-electron chi connectivity index (χ4n) is 1.80. The molecule has 0 bridgehead atoms. The molecule has 4 heteroatoms. The summed E-state index contributed by atoms with van der Waals surface area (Å²) in [6.07, 6.45) is 0. The summed E-state index contributed by atoms with van der Waals surface area (Å²) in [6.45, 7) is 11.4. The van der Waals surface area contributed by atoms with Crippen LogP contribution in [0.25, 0.3) is 0 Å². The summed E-state index contributed by atoms with van der Waals surface area (Å²) in [5, 5.41) is 7.79. The summed E-state index contributed by atoms with van der Waals surface area (Å²) in [6, 6.07) is 2.17. The van der Waals surface area contributed by atoms with E-state index in [2.05, 4.69) is 47.0 Å². The summed E-state index contributed by atoms with van der Waals surface area (Å²) in [7, 11) is 2.15. The molecule has 16 heavy (non-hydrogen) atoms. The highest BCUT2D eigenvalue weighted by atomic mass is 15.3. The number of hydrogen-bond acceptors (Lipinski definition) is 3. The minimum absolute atomic E-state index is 0.949. The minimum Gasteiger partial charge on any atom is -0.316 e. The molecule has 1 aromatic heterocycles. The molecule has 0 aliphatic rings. The smallest absolute Gasteiger partial charge is 0.0597 e. The number of rotatable bonds is 7. The molecule has 0 spiro atoms. The third-order valence-electron chi connectivity index (χ3n) is 2.64. The lowest BCUT2D eigenvalue weighted by atomic mass is 10.3. The minimum atomic E-state index is 0.949. The van der Waals surface area contributed by atoms with E-state index in [1.54, 1.807) is 0 Å². The molecule has 0 unspecified atom stereocenters. The van der Waals surface area contributed by atoms with Crippen molar-refractivity contribution in [1.82, 2.24) is 20.0 Å². The Kier molecular flexibility index (Phi) is 5.49. The first-order valence-electron chi connectivity index (χ1n) is 6.10. The van der Waals surface area contributed by atoms with Crippen LogP contribution >= 0.6 is 0 Å². The third-order valence-corrected chi connectivity index (χ3v) is 2.64. The Bertz CT molecular complexity index is 306. The third kappa shape index (κ3) is 3.94. The largest absolute Gasteiger partial charge is 0.316 e. The number of nitrogens with one attached hydrogen (secondary N) is 1. The first-order chi connectivity index (χ1) is 7.67. The van der Waals surface area contributed by atoms with E-state index in [-0.39, 0.29) is 0 Å². The molecule has 1 N–H and O–H groups in total. The molecular formula is C12H24N4. The average Bonchev–Trinajstić information content (AvgIpc) is 2.59. The Hall–Kier alpha value is -0.870. The number of hydrogen-bond donors (Lipinski definition) is 1. The van der Waals surface area contributed by atoms with Crippen molar-refractivity contribution in [2.75, 3.05) is 26.7 Å². The molecule has 1 heterocycles. The van der Waals surface area contributed by atoms with Crippen LogP contribution in [0.1, 0.15) is 25.2 Å². The molecule has 0 saturated heterocycles. The molecule has 0 aliphatic heterocycles. The topological polar surface area (TPSA) is 33.1 Å². The Balaban J connectivity index is 2.45. The van der Waals surface area contributed by atoms with Crippen molar-refractivity contribution in [3.63, 3.8) is 0 Å². The maximum Gasteiger partial charge on any atom is 0.0597 e. The maximum absolute atomic E-state index is 4.45. The van der Waals surface area contributed by atoms with Gasteiger partial charge in [0.15, 0.2) is 0 Å². The zero-order valence-electron chi connectivity index (χ0n) is 11.0. The zero-order valence-corrected chi connectivity index (χ0v) is 11.0. The van der Waals surface area contributed by atoms with E-state index >= 15 is 0 Å². The van der Waals surface area contributed by atoms with Gasteiger partial charge in [0.1, 0.15) is 0 Å². The normalized spacial score (nSPS) is 11.3. The van der Waals surface area contributed by atoms with E-state index in [0.29, 0.717) is 0 Å². The predicted octanol–water partition coefficient (Wildman–Crippen LogP) is 1.25. The molecule has 0 fully saturated rings. The lowest BCUT2D eigenvalue weighted by Gasteiger charge is -2.17. The fourth-order valence-corrected chi connectivity index (χ4v) is 1.80. The Labute approximate surface area is 98.6 Å². The molecule has 0 saturated carbocycles. The second kappa shape index (κ2) is 6.66. The van der Waals surface area contributed by atoms with Gasteiger partial charge in [0, 0.05) is 26.2 Å². The van der Waals surface area contributed by atoms with Crippen molar-refractivity contribution >= 4 is 0 Å². The summed E-state index contributed by atoms with van der Waals surface area (Å²) in [4.78, 5) is 2.32. The van der Waals surface area contributed by atoms with Crippen molar-refractivity contribution in [2.45, 2.75) is 33.9 Å². The maximum atomic E-state index is 4.45. The van der Waals surface area contributed by atoms with Gasteiger partial charge in [0.2, 0.25) is 0 Å². The van der Waals surface area contributed by atoms with Gasteiger partial charge in [-0.25, -0.2) is 0 Å². The highest BCUT2D eigenvalue weighted by Crippen LogP contribution is 2.06. The molecule has 0 radical (unpaired) electrons. The molecule has 0 aromatic carbocycles. The van der Waals surface area contributed by atoms with Gasteiger partial charge in [0.25, 0.3) is 0 Å². The summed E-state index contributed by atoms with van der Waals surface area (Å²) < 4.78 is 2.08. The molecule has 0 aliphatic carbocycles. The van der Waals surface area contributed by atoms with Crippen LogP contribution < -0.4 is 5.32 Å². The monoisotopic (exact) mass is 224 g/mol. The SMILES string of the molecule is CCNCCN(C)Cc1cc(C)nn1CC. The van der Waals surface area contributed by atoms with Gasteiger partial charge in [-0.15, -0.1) is 0 Å². The van der Waals surface area contributed by atoms with Crippen LogP contribution in [-0.4, -0.2) is 41.4 Å². The Morgan fingerprint density at radius 1 is 1.44 bits per heavy atom. The molecule has 92 valence electrons. The average molecular weight is 224 g/mol. The molecule has 0 amide bonds. The van der Waals surface area contributed by atoms with Gasteiger partial charge >= 0.3 is 0 Å². The van der Waals surface area contributed by atoms with Crippen molar-refractivity contribution < 1.29 is 0 Å². The number of aromatic nitrogens is 2. The second-order valence-electron chi connectivity index (χ2n) is 4.18. The molecule has 4 nitrogen and oxygen atoms in total. The summed E-state index contributed by atoms with van der Waals surface area (Å²) in [5.74, 6) is 0. The first-order valence-corrected chi connectivity index (χ1v) is 6.10. The van der Waals surface area contributed by atoms with Gasteiger partial charge in [0.05, 0.1) is 11.4 Å². The lowest BCUT2D eigenvalue weighted by molar-refractivity contribution is 0.314. The van der Waals surface area contributed by atoms with Crippen LogP contribution in [0.3, 0.4) is 0 Å². The quantitative estimate of drug-likeness (QED) is 0.708. The van der Waals surface area contributed by atoms with Crippen LogP contribution in [0.15, 0.2) is 6.07 Å². The fraction of sp³-hybridized carbons (Fsp3) is 0.750. The van der Waals surface area contributed by atoms with Crippen molar-refractivity contribution in [1.29, 1.82) is 0 Å². The zero-order chi connectivity index (χ0) is 12.0. The molecule has 1 aromatic rings. The Morgan fingerprint density at radius 2 is 2.19 bits per heavy atom. The predicted molar refractivity (Wildman–Crippen MR) is 67.5 cm³/mol. The highest BCUT2D eigenvalue weighted by molar-refractivity contribution is 5.08. The first kappa shape index (κ1) is 13.2. The molecule has 1 rings (SSSR count). The van der Waals surface area contributed by atoms with E-state index in [1.807, 2.05) is 6.92 Å². The summed E-state index contributed by atoms with van der Waals surface area (Å²) in [5.41, 5.74) is 2.41. The van der Waals surface area contributed by atoms with E-state index in [1.165, 1.54) is 5.69 Å². The standard InChI is InChI=1S/C12H24N4/c1-5-13-7-8-15(4)10-12-9-11(3)14-16(12)6-2/h9,13H,5-8,10H2,1-4H3. The van der Waals surface area contributed by atoms with Crippen LogP contribution in [0.5, 0.6) is 0 Å². The molecule has 0 atom stereocenters. The van der Waals surface area contributed by atoms with E-state index in [4.69, 9.17) is 0 Å². The Morgan fingerprint density at radius 3 is 2.81 bits per heavy atom. The molecular weight excluding hydrogens is 200 g/mol. The van der Waals surface area contributed by atoms with Gasteiger partial charge in [-0.3, -0.25) is 9.58 Å². The van der Waals surface area contributed by atoms with Gasteiger partial charge in [-0.2, -0.15) is 5.10 Å². The van der Waals surface area contributed by atoms with Crippen molar-refractivity contribution in [2.24, 2.45) is 0 Å². The van der Waals surface area contributed by atoms with E-state index < -0.39 is 0 Å². The second-order valence-corrected chi connectivity index (χ2v) is 4.18. The van der Waals surface area contributed by atoms with Gasteiger partial charge in [-0.1, -0.05) is 6.92 Å². The van der Waals surface area contributed by atoms with Crippen LogP contribution in [0, 0.1) is 6.92 Å². The van der Waals surface area contributed by atoms with Crippen molar-refractivity contribution in [3.05, 3.63) is 17.5 Å². The lowest BCUT2D eigenvalue weighted by Crippen LogP contribution is -2.29. The van der Waals surface area contributed by atoms with E-state index in [9.17, 15) is 0 Å². The van der Waals surface area contributed by atoms with Crippen LogP contribution in [0.4, 0.5) is 0 Å².